The van der Waals surface area contributed by atoms with Crippen molar-refractivity contribution < 1.29 is 22.3 Å². The normalized spacial score (nSPS) is 12.6. The summed E-state index contributed by atoms with van der Waals surface area (Å²) in [5, 5.41) is -0.373. The fraction of sp³-hybridized carbons (Fsp3) is 0.235. The summed E-state index contributed by atoms with van der Waals surface area (Å²) in [5.41, 5.74) is 1.60. The van der Waals surface area contributed by atoms with Crippen molar-refractivity contribution in [1.29, 1.82) is 0 Å². The molecule has 8 heteroatoms. The Morgan fingerprint density at radius 3 is 2.32 bits per heavy atom. The Morgan fingerprint density at radius 2 is 1.76 bits per heavy atom. The van der Waals surface area contributed by atoms with E-state index in [1.807, 2.05) is 0 Å². The van der Waals surface area contributed by atoms with Crippen LogP contribution in [0.4, 0.5) is 4.39 Å². The summed E-state index contributed by atoms with van der Waals surface area (Å²) in [4.78, 5) is 11.2. The summed E-state index contributed by atoms with van der Waals surface area (Å²) in [6, 6.07) is 11.7. The zero-order chi connectivity index (χ0) is 18.4. The number of methoxy groups -OCH3 is 1. The molecular weight excluding hydrogens is 365 g/mol. The van der Waals surface area contributed by atoms with Crippen LogP contribution in [0, 0.1) is 5.82 Å². The summed E-state index contributed by atoms with van der Waals surface area (Å²) in [5.74, 6) is -0.833. The summed E-state index contributed by atoms with van der Waals surface area (Å²) in [7, 11) is -2.41. The van der Waals surface area contributed by atoms with E-state index in [9.17, 15) is 17.6 Å². The number of thiol groups is 1. The minimum atomic E-state index is -3.73. The molecule has 0 aliphatic carbocycles. The van der Waals surface area contributed by atoms with Gasteiger partial charge in [0.15, 0.2) is 0 Å². The van der Waals surface area contributed by atoms with E-state index >= 15 is 0 Å². The molecule has 2 rings (SSSR count). The van der Waals surface area contributed by atoms with Crippen molar-refractivity contribution in [2.75, 3.05) is 13.7 Å². The van der Waals surface area contributed by atoms with Gasteiger partial charge in [-0.15, -0.1) is 0 Å². The summed E-state index contributed by atoms with van der Waals surface area (Å²) >= 11 is 4.40. The molecule has 0 aliphatic rings. The number of hydrogen-bond acceptors (Lipinski definition) is 5. The van der Waals surface area contributed by atoms with Gasteiger partial charge in [0.1, 0.15) is 5.82 Å². The van der Waals surface area contributed by atoms with Gasteiger partial charge in [0, 0.05) is 11.8 Å². The van der Waals surface area contributed by atoms with Gasteiger partial charge in [0.2, 0.25) is 10.0 Å². The fourth-order valence-electron chi connectivity index (χ4n) is 2.10. The van der Waals surface area contributed by atoms with Gasteiger partial charge in [-0.1, -0.05) is 24.3 Å². The minimum Gasteiger partial charge on any atom is -0.469 e. The topological polar surface area (TPSA) is 72.5 Å². The van der Waals surface area contributed by atoms with Crippen molar-refractivity contribution in [2.24, 2.45) is 0 Å². The number of halogens is 1. The molecule has 0 radical (unpaired) electrons. The monoisotopic (exact) mass is 383 g/mol. The van der Waals surface area contributed by atoms with Crippen molar-refractivity contribution >= 4 is 28.6 Å². The number of benzene rings is 2. The van der Waals surface area contributed by atoms with Crippen LogP contribution in [0.5, 0.6) is 0 Å². The molecule has 0 saturated heterocycles. The van der Waals surface area contributed by atoms with Crippen molar-refractivity contribution in [1.82, 2.24) is 4.72 Å². The maximum Gasteiger partial charge on any atom is 0.309 e. The highest BCUT2D eigenvalue weighted by Gasteiger charge is 2.16. The number of hydrogen-bond donors (Lipinski definition) is 2. The molecule has 0 aliphatic heterocycles. The van der Waals surface area contributed by atoms with E-state index in [-0.39, 0.29) is 29.1 Å². The van der Waals surface area contributed by atoms with E-state index < -0.39 is 15.8 Å². The molecule has 0 saturated carbocycles. The molecule has 0 heterocycles. The third-order valence-electron chi connectivity index (χ3n) is 3.53. The average molecular weight is 383 g/mol. The van der Waals surface area contributed by atoms with Crippen LogP contribution < -0.4 is 4.72 Å². The molecule has 0 bridgehead atoms. The average Bonchev–Trinajstić information content (AvgIpc) is 2.60. The number of ether oxygens (including phenoxy) is 1. The number of carbonyl (C=O) groups is 1. The Balaban J connectivity index is 1.98. The zero-order valence-corrected chi connectivity index (χ0v) is 15.2. The highest BCUT2D eigenvalue weighted by molar-refractivity contribution is 7.89. The summed E-state index contributed by atoms with van der Waals surface area (Å²) < 4.78 is 44.3. The van der Waals surface area contributed by atoms with Gasteiger partial charge in [0.05, 0.1) is 18.4 Å². The first-order chi connectivity index (χ1) is 11.8. The fourth-order valence-corrected chi connectivity index (χ4v) is 3.53. The highest BCUT2D eigenvalue weighted by Crippen LogP contribution is 2.21. The Hall–Kier alpha value is -1.90. The summed E-state index contributed by atoms with van der Waals surface area (Å²) in [6.45, 7) is 0.0686. The molecule has 2 aromatic carbocycles. The number of rotatable bonds is 7. The molecule has 0 aromatic heterocycles. The van der Waals surface area contributed by atoms with E-state index in [1.165, 1.54) is 19.2 Å². The second-order valence-corrected chi connectivity index (χ2v) is 7.71. The zero-order valence-electron chi connectivity index (χ0n) is 13.5. The maximum absolute atomic E-state index is 12.9. The molecule has 1 unspecified atom stereocenters. The van der Waals surface area contributed by atoms with Crippen LogP contribution in [-0.2, 0) is 26.0 Å². The van der Waals surface area contributed by atoms with Crippen LogP contribution in [0.2, 0.25) is 0 Å². The lowest BCUT2D eigenvalue weighted by atomic mass is 10.1. The number of esters is 1. The van der Waals surface area contributed by atoms with Crippen LogP contribution >= 0.6 is 12.6 Å². The van der Waals surface area contributed by atoms with Gasteiger partial charge < -0.3 is 4.74 Å². The third-order valence-corrected chi connectivity index (χ3v) is 5.45. The molecule has 5 nitrogen and oxygen atoms in total. The maximum atomic E-state index is 12.9. The van der Waals surface area contributed by atoms with Gasteiger partial charge >= 0.3 is 5.97 Å². The van der Waals surface area contributed by atoms with Gasteiger partial charge in [-0.05, 0) is 35.4 Å². The standard InChI is InChI=1S/C17H18FNO4S2/c1-23-17(20)10-12-2-4-13(5-3-12)16(24)11-19-25(21,22)15-8-6-14(18)7-9-15/h2-9,16,19,24H,10-11H2,1H3. The first-order valence-electron chi connectivity index (χ1n) is 7.41. The molecule has 25 heavy (non-hydrogen) atoms. The molecule has 0 fully saturated rings. The quantitative estimate of drug-likeness (QED) is 0.569. The Morgan fingerprint density at radius 1 is 1.16 bits per heavy atom. The molecular formula is C17H18FNO4S2. The van der Waals surface area contributed by atoms with Gasteiger partial charge in [0.25, 0.3) is 0 Å². The second-order valence-electron chi connectivity index (χ2n) is 5.32. The van der Waals surface area contributed by atoms with Crippen LogP contribution in [0.1, 0.15) is 16.4 Å². The Labute approximate surface area is 151 Å². The smallest absolute Gasteiger partial charge is 0.309 e. The highest BCUT2D eigenvalue weighted by atomic mass is 32.2. The molecule has 0 spiro atoms. The lowest BCUT2D eigenvalue weighted by molar-refractivity contribution is -0.139. The van der Waals surface area contributed by atoms with Crippen molar-refractivity contribution in [2.45, 2.75) is 16.6 Å². The second kappa shape index (κ2) is 8.46. The van der Waals surface area contributed by atoms with Crippen molar-refractivity contribution in [3.05, 3.63) is 65.5 Å². The van der Waals surface area contributed by atoms with Crippen LogP contribution in [0.25, 0.3) is 0 Å². The number of nitrogens with one attached hydrogen (secondary N) is 1. The molecule has 2 aromatic rings. The van der Waals surface area contributed by atoms with Crippen molar-refractivity contribution in [3.63, 3.8) is 0 Å². The number of sulfonamides is 1. The lowest BCUT2D eigenvalue weighted by Gasteiger charge is -2.13. The van der Waals surface area contributed by atoms with Gasteiger partial charge in [-0.2, -0.15) is 12.6 Å². The Bertz CT molecular complexity index is 821. The molecule has 1 atom stereocenters. The molecule has 134 valence electrons. The van der Waals surface area contributed by atoms with Crippen LogP contribution in [0.3, 0.4) is 0 Å². The van der Waals surface area contributed by atoms with Crippen LogP contribution in [-0.4, -0.2) is 28.0 Å². The summed E-state index contributed by atoms with van der Waals surface area (Å²) in [6.07, 6.45) is 0.172. The third kappa shape index (κ3) is 5.55. The van der Waals surface area contributed by atoms with Crippen LogP contribution in [0.15, 0.2) is 53.4 Å². The van der Waals surface area contributed by atoms with Gasteiger partial charge in [-0.25, -0.2) is 17.5 Å². The lowest BCUT2D eigenvalue weighted by Crippen LogP contribution is -2.27. The van der Waals surface area contributed by atoms with E-state index in [0.717, 1.165) is 23.3 Å². The molecule has 0 amide bonds. The van der Waals surface area contributed by atoms with E-state index in [2.05, 4.69) is 22.1 Å². The predicted octanol–water partition coefficient (Wildman–Crippen LogP) is 2.49. The van der Waals surface area contributed by atoms with Crippen molar-refractivity contribution in [3.8, 4) is 0 Å². The molecule has 1 N–H and O–H groups in total. The largest absolute Gasteiger partial charge is 0.469 e. The first kappa shape index (κ1) is 19.4. The SMILES string of the molecule is COC(=O)Cc1ccc(C(S)CNS(=O)(=O)c2ccc(F)cc2)cc1. The predicted molar refractivity (Wildman–Crippen MR) is 95.5 cm³/mol. The number of carbonyl (C=O) groups excluding carboxylic acids is 1. The minimum absolute atomic E-state index is 0.0112. The Kier molecular flexibility index (Phi) is 6.57. The van der Waals surface area contributed by atoms with Gasteiger partial charge in [-0.3, -0.25) is 4.79 Å². The van der Waals surface area contributed by atoms with E-state index in [1.54, 1.807) is 24.3 Å². The van der Waals surface area contributed by atoms with E-state index in [0.29, 0.717) is 0 Å². The first-order valence-corrected chi connectivity index (χ1v) is 9.41. The van der Waals surface area contributed by atoms with E-state index in [4.69, 9.17) is 0 Å².